The van der Waals surface area contributed by atoms with E-state index in [4.69, 9.17) is 0 Å². The van der Waals surface area contributed by atoms with Crippen LogP contribution in [0.25, 0.3) is 0 Å². The lowest BCUT2D eigenvalue weighted by atomic mass is 9.82. The molecule has 1 fully saturated rings. The van der Waals surface area contributed by atoms with Gasteiger partial charge in [-0.15, -0.1) is 0 Å². The summed E-state index contributed by atoms with van der Waals surface area (Å²) in [5.41, 5.74) is 0. The lowest BCUT2D eigenvalue weighted by Gasteiger charge is -2.29. The average Bonchev–Trinajstić information content (AvgIpc) is 1.62. The van der Waals surface area contributed by atoms with Crippen molar-refractivity contribution in [3.8, 4) is 0 Å². The minimum atomic E-state index is 0.705. The zero-order valence-corrected chi connectivity index (χ0v) is 6.65. The Morgan fingerprint density at radius 2 is 2.25 bits per heavy atom. The summed E-state index contributed by atoms with van der Waals surface area (Å²) in [6, 6.07) is 0. The van der Waals surface area contributed by atoms with Crippen molar-refractivity contribution in [1.82, 2.24) is 0 Å². The van der Waals surface area contributed by atoms with Crippen molar-refractivity contribution in [2.45, 2.75) is 30.5 Å². The first-order chi connectivity index (χ1) is 3.84. The predicted octanol–water partition coefficient (Wildman–Crippen LogP) is 2.77. The summed E-state index contributed by atoms with van der Waals surface area (Å²) in [6.45, 7) is 3.84. The van der Waals surface area contributed by atoms with Crippen LogP contribution in [0.15, 0.2) is 0 Å². The number of hydrogen-bond donors (Lipinski definition) is 0. The van der Waals surface area contributed by atoms with Gasteiger partial charge in [0, 0.05) is 4.83 Å². The Labute approximate surface area is 59.8 Å². The molecule has 1 aliphatic carbocycles. The van der Waals surface area contributed by atoms with Crippen molar-refractivity contribution in [1.29, 1.82) is 0 Å². The van der Waals surface area contributed by atoms with Gasteiger partial charge in [-0.3, -0.25) is 0 Å². The SMILES string of the molecule is [CH2]CC(Br)C1CCC1. The molecule has 0 spiro atoms. The van der Waals surface area contributed by atoms with Crippen molar-refractivity contribution < 1.29 is 0 Å². The van der Waals surface area contributed by atoms with Gasteiger partial charge < -0.3 is 0 Å². The van der Waals surface area contributed by atoms with Crippen LogP contribution in [0.2, 0.25) is 0 Å². The summed E-state index contributed by atoms with van der Waals surface area (Å²) in [5.74, 6) is 0.951. The molecule has 0 nitrogen and oxygen atoms in total. The second-order valence-electron chi connectivity index (χ2n) is 2.50. The zero-order valence-electron chi connectivity index (χ0n) is 5.07. The first kappa shape index (κ1) is 6.60. The van der Waals surface area contributed by atoms with Gasteiger partial charge in [0.25, 0.3) is 0 Å². The van der Waals surface area contributed by atoms with Gasteiger partial charge in [0.15, 0.2) is 0 Å². The van der Waals surface area contributed by atoms with Crippen LogP contribution < -0.4 is 0 Å². The summed E-state index contributed by atoms with van der Waals surface area (Å²) in [6.07, 6.45) is 5.33. The van der Waals surface area contributed by atoms with Gasteiger partial charge in [0.1, 0.15) is 0 Å². The third-order valence-corrected chi connectivity index (χ3v) is 3.14. The Kier molecular flexibility index (Phi) is 2.36. The topological polar surface area (TPSA) is 0 Å². The first-order valence-corrected chi connectivity index (χ1v) is 4.19. The first-order valence-electron chi connectivity index (χ1n) is 3.28. The van der Waals surface area contributed by atoms with Gasteiger partial charge in [0.2, 0.25) is 0 Å². The van der Waals surface area contributed by atoms with E-state index in [9.17, 15) is 0 Å². The van der Waals surface area contributed by atoms with Crippen LogP contribution in [-0.2, 0) is 0 Å². The van der Waals surface area contributed by atoms with Gasteiger partial charge in [-0.2, -0.15) is 0 Å². The molecule has 1 atom stereocenters. The van der Waals surface area contributed by atoms with Crippen LogP contribution in [0, 0.1) is 12.8 Å². The van der Waals surface area contributed by atoms with E-state index in [0.717, 1.165) is 12.3 Å². The molecule has 8 heavy (non-hydrogen) atoms. The van der Waals surface area contributed by atoms with Gasteiger partial charge in [-0.05, 0) is 25.2 Å². The predicted molar refractivity (Wildman–Crippen MR) is 40.0 cm³/mol. The third kappa shape index (κ3) is 1.25. The third-order valence-electron chi connectivity index (χ3n) is 1.94. The molecule has 0 N–H and O–H groups in total. The fourth-order valence-electron chi connectivity index (χ4n) is 1.04. The molecule has 0 heterocycles. The van der Waals surface area contributed by atoms with Crippen LogP contribution in [0.5, 0.6) is 0 Å². The molecule has 1 unspecified atom stereocenters. The fourth-order valence-corrected chi connectivity index (χ4v) is 1.57. The van der Waals surface area contributed by atoms with Crippen LogP contribution in [-0.4, -0.2) is 4.83 Å². The number of rotatable bonds is 2. The summed E-state index contributed by atoms with van der Waals surface area (Å²) in [4.78, 5) is 0.705. The zero-order chi connectivity index (χ0) is 5.98. The maximum absolute atomic E-state index is 3.84. The molecule has 0 aromatic rings. The van der Waals surface area contributed by atoms with Crippen molar-refractivity contribution in [3.05, 3.63) is 6.92 Å². The Balaban J connectivity index is 2.13. The Bertz CT molecular complexity index is 64.0. The van der Waals surface area contributed by atoms with Gasteiger partial charge in [-0.25, -0.2) is 0 Å². The second-order valence-corrected chi connectivity index (χ2v) is 3.67. The van der Waals surface area contributed by atoms with E-state index < -0.39 is 0 Å². The van der Waals surface area contributed by atoms with Crippen LogP contribution in [0.1, 0.15) is 25.7 Å². The smallest absolute Gasteiger partial charge is 0.0174 e. The lowest BCUT2D eigenvalue weighted by molar-refractivity contribution is 0.310. The molecule has 47 valence electrons. The Morgan fingerprint density at radius 3 is 2.38 bits per heavy atom. The van der Waals surface area contributed by atoms with E-state index in [1.807, 2.05) is 0 Å². The minimum Gasteiger partial charge on any atom is -0.0888 e. The number of hydrogen-bond acceptors (Lipinski definition) is 0. The molecule has 0 aromatic carbocycles. The highest BCUT2D eigenvalue weighted by molar-refractivity contribution is 9.09. The highest BCUT2D eigenvalue weighted by Crippen LogP contribution is 2.34. The molecular formula is C7H12Br. The molecule has 0 bridgehead atoms. The molecule has 1 saturated carbocycles. The molecule has 0 aliphatic heterocycles. The van der Waals surface area contributed by atoms with Gasteiger partial charge in [0.05, 0.1) is 0 Å². The van der Waals surface area contributed by atoms with Gasteiger partial charge >= 0.3 is 0 Å². The monoisotopic (exact) mass is 175 g/mol. The van der Waals surface area contributed by atoms with Crippen LogP contribution in [0.3, 0.4) is 0 Å². The maximum atomic E-state index is 3.84. The van der Waals surface area contributed by atoms with Crippen molar-refractivity contribution in [2.24, 2.45) is 5.92 Å². The average molecular weight is 176 g/mol. The minimum absolute atomic E-state index is 0.705. The van der Waals surface area contributed by atoms with Crippen molar-refractivity contribution in [2.75, 3.05) is 0 Å². The van der Waals surface area contributed by atoms with Crippen molar-refractivity contribution >= 4 is 15.9 Å². The second kappa shape index (κ2) is 2.86. The van der Waals surface area contributed by atoms with Crippen LogP contribution >= 0.6 is 15.9 Å². The van der Waals surface area contributed by atoms with E-state index in [0.29, 0.717) is 4.83 Å². The molecule has 1 rings (SSSR count). The van der Waals surface area contributed by atoms with E-state index in [2.05, 4.69) is 22.9 Å². The fraction of sp³-hybridized carbons (Fsp3) is 0.857. The van der Waals surface area contributed by atoms with Crippen LogP contribution in [0.4, 0.5) is 0 Å². The Hall–Kier alpha value is 0.480. The number of alkyl halides is 1. The summed E-state index contributed by atoms with van der Waals surface area (Å²) in [5, 5.41) is 0. The Morgan fingerprint density at radius 1 is 1.62 bits per heavy atom. The van der Waals surface area contributed by atoms with E-state index >= 15 is 0 Å². The summed E-state index contributed by atoms with van der Waals surface area (Å²) in [7, 11) is 0. The molecule has 0 aromatic heterocycles. The van der Waals surface area contributed by atoms with Crippen molar-refractivity contribution in [3.63, 3.8) is 0 Å². The van der Waals surface area contributed by atoms with E-state index in [1.165, 1.54) is 19.3 Å². The van der Waals surface area contributed by atoms with Gasteiger partial charge in [-0.1, -0.05) is 29.3 Å². The standard InChI is InChI=1S/C7H12Br/c1-2-7(8)6-4-3-5-6/h6-7H,1-5H2. The molecule has 1 heteroatoms. The maximum Gasteiger partial charge on any atom is 0.0174 e. The van der Waals surface area contributed by atoms with E-state index in [1.54, 1.807) is 0 Å². The molecule has 1 radical (unpaired) electrons. The van der Waals surface area contributed by atoms with E-state index in [-0.39, 0.29) is 0 Å². The quantitative estimate of drug-likeness (QED) is 0.567. The molecule has 0 amide bonds. The highest BCUT2D eigenvalue weighted by atomic mass is 79.9. The summed E-state index contributed by atoms with van der Waals surface area (Å²) >= 11 is 3.59. The highest BCUT2D eigenvalue weighted by Gasteiger charge is 2.23. The molecule has 0 saturated heterocycles. The lowest BCUT2D eigenvalue weighted by Crippen LogP contribution is -2.20. The molecule has 1 aliphatic rings. The number of halogens is 1. The normalized spacial score (nSPS) is 24.8. The molecular weight excluding hydrogens is 164 g/mol. The largest absolute Gasteiger partial charge is 0.0888 e. The summed E-state index contributed by atoms with van der Waals surface area (Å²) < 4.78 is 0.